The second kappa shape index (κ2) is 9.61. The highest BCUT2D eigenvalue weighted by Gasteiger charge is 2.52. The van der Waals surface area contributed by atoms with E-state index >= 15 is 0 Å². The van der Waals surface area contributed by atoms with Crippen LogP contribution in [0.3, 0.4) is 0 Å². The molecular formula is C23H44O. The van der Waals surface area contributed by atoms with Gasteiger partial charge in [0, 0.05) is 7.11 Å². The Hall–Kier alpha value is -0.820. The molecule has 1 nitrogen and oxygen atoms in total. The van der Waals surface area contributed by atoms with E-state index in [4.69, 9.17) is 5.11 Å². The molecule has 0 heterocycles. The molecule has 0 aliphatic heterocycles. The van der Waals surface area contributed by atoms with Gasteiger partial charge in [0.25, 0.3) is 0 Å². The molecule has 0 saturated heterocycles. The van der Waals surface area contributed by atoms with Crippen molar-refractivity contribution in [3.63, 3.8) is 0 Å². The minimum absolute atomic E-state index is 0.230. The largest absolute Gasteiger partial charge is 0.400 e. The Kier molecular flexibility index (Phi) is 10.2. The zero-order chi connectivity index (χ0) is 19.8. The van der Waals surface area contributed by atoms with E-state index in [9.17, 15) is 0 Å². The molecule has 0 aromatic heterocycles. The van der Waals surface area contributed by atoms with Crippen molar-refractivity contribution in [1.29, 1.82) is 0 Å². The fourth-order valence-corrected chi connectivity index (χ4v) is 3.11. The molecule has 0 aliphatic carbocycles. The van der Waals surface area contributed by atoms with Gasteiger partial charge in [-0.3, -0.25) is 0 Å². The molecule has 0 saturated carbocycles. The van der Waals surface area contributed by atoms with E-state index in [1.54, 1.807) is 0 Å². The number of hydrogen-bond acceptors (Lipinski definition) is 1. The highest BCUT2D eigenvalue weighted by Crippen LogP contribution is 2.59. The first-order valence-corrected chi connectivity index (χ1v) is 9.32. The maximum Gasteiger partial charge on any atom is 0.0319 e. The number of aliphatic hydroxyl groups is 1. The summed E-state index contributed by atoms with van der Waals surface area (Å²) in [7, 11) is 1.00. The molecule has 1 aromatic rings. The van der Waals surface area contributed by atoms with Gasteiger partial charge in [0.15, 0.2) is 0 Å². The summed E-state index contributed by atoms with van der Waals surface area (Å²) in [4.78, 5) is 0. The average molecular weight is 337 g/mol. The van der Waals surface area contributed by atoms with Crippen molar-refractivity contribution >= 4 is 0 Å². The van der Waals surface area contributed by atoms with Crippen LogP contribution in [0.2, 0.25) is 0 Å². The minimum atomic E-state index is 0.230. The van der Waals surface area contributed by atoms with Crippen LogP contribution in [0.5, 0.6) is 0 Å². The third-order valence-corrected chi connectivity index (χ3v) is 6.62. The number of hydrogen-bond donors (Lipinski definition) is 1. The van der Waals surface area contributed by atoms with E-state index in [2.05, 4.69) is 92.6 Å². The number of rotatable bonds is 4. The van der Waals surface area contributed by atoms with E-state index in [0.717, 1.165) is 13.5 Å². The fourth-order valence-electron chi connectivity index (χ4n) is 3.11. The van der Waals surface area contributed by atoms with Crippen molar-refractivity contribution in [3.05, 3.63) is 35.9 Å². The monoisotopic (exact) mass is 336 g/mol. The second-order valence-electron chi connectivity index (χ2n) is 9.05. The van der Waals surface area contributed by atoms with Crippen LogP contribution in [0.1, 0.15) is 81.7 Å². The van der Waals surface area contributed by atoms with Crippen LogP contribution in [0.25, 0.3) is 0 Å². The van der Waals surface area contributed by atoms with Gasteiger partial charge in [-0.25, -0.2) is 0 Å². The lowest BCUT2D eigenvalue weighted by molar-refractivity contribution is -0.0866. The standard InChI is InChI=1S/C20H34.C2H6.CH4O/c1-17(2,3)19(6,7)20(8,9)18(4,5)15-16-13-11-10-12-14-16;2*1-2/h10-14H,15H2,1-9H3;1-2H3;2H,1H3. The molecule has 0 aliphatic rings. The van der Waals surface area contributed by atoms with E-state index in [0.29, 0.717) is 0 Å². The summed E-state index contributed by atoms with van der Waals surface area (Å²) < 4.78 is 0. The molecule has 0 spiro atoms. The summed E-state index contributed by atoms with van der Waals surface area (Å²) >= 11 is 0. The molecule has 1 N–H and O–H groups in total. The van der Waals surface area contributed by atoms with E-state index in [-0.39, 0.29) is 21.7 Å². The first-order chi connectivity index (χ1) is 10.8. The third kappa shape index (κ3) is 5.62. The minimum Gasteiger partial charge on any atom is -0.400 e. The van der Waals surface area contributed by atoms with Crippen molar-refractivity contribution in [1.82, 2.24) is 0 Å². The summed E-state index contributed by atoms with van der Waals surface area (Å²) in [5.41, 5.74) is 2.44. The van der Waals surface area contributed by atoms with Gasteiger partial charge in [-0.05, 0) is 33.6 Å². The first kappa shape index (κ1) is 25.4. The molecular weight excluding hydrogens is 292 g/mol. The lowest BCUT2D eigenvalue weighted by atomic mass is 9.47. The van der Waals surface area contributed by atoms with Crippen LogP contribution in [0.4, 0.5) is 0 Å². The van der Waals surface area contributed by atoms with Crippen LogP contribution in [0.15, 0.2) is 30.3 Å². The van der Waals surface area contributed by atoms with Crippen LogP contribution in [0, 0.1) is 21.7 Å². The molecule has 0 bridgehead atoms. The van der Waals surface area contributed by atoms with Crippen LogP contribution in [-0.2, 0) is 6.42 Å². The summed E-state index contributed by atoms with van der Waals surface area (Å²) in [6, 6.07) is 10.9. The topological polar surface area (TPSA) is 20.2 Å². The van der Waals surface area contributed by atoms with E-state index in [1.807, 2.05) is 13.8 Å². The first-order valence-electron chi connectivity index (χ1n) is 9.32. The normalized spacial score (nSPS) is 12.5. The Morgan fingerprint density at radius 3 is 1.38 bits per heavy atom. The maximum absolute atomic E-state index is 7.00. The highest BCUT2D eigenvalue weighted by atomic mass is 16.2. The van der Waals surface area contributed by atoms with Gasteiger partial charge in [0.1, 0.15) is 0 Å². The molecule has 142 valence electrons. The van der Waals surface area contributed by atoms with Gasteiger partial charge in [-0.1, -0.05) is 106 Å². The summed E-state index contributed by atoms with van der Waals surface area (Å²) in [6.07, 6.45) is 1.13. The predicted octanol–water partition coefficient (Wildman–Crippen LogP) is 6.99. The van der Waals surface area contributed by atoms with Crippen molar-refractivity contribution in [3.8, 4) is 0 Å². The quantitative estimate of drug-likeness (QED) is 0.628. The van der Waals surface area contributed by atoms with Gasteiger partial charge < -0.3 is 5.11 Å². The Morgan fingerprint density at radius 1 is 0.667 bits per heavy atom. The molecule has 0 fully saturated rings. The van der Waals surface area contributed by atoms with Crippen molar-refractivity contribution in [2.24, 2.45) is 21.7 Å². The van der Waals surface area contributed by atoms with Gasteiger partial charge in [0.2, 0.25) is 0 Å². The van der Waals surface area contributed by atoms with Crippen LogP contribution < -0.4 is 0 Å². The predicted molar refractivity (Wildman–Crippen MR) is 110 cm³/mol. The third-order valence-electron chi connectivity index (χ3n) is 6.62. The lowest BCUT2D eigenvalue weighted by Crippen LogP contribution is -2.51. The van der Waals surface area contributed by atoms with Gasteiger partial charge in [-0.2, -0.15) is 0 Å². The zero-order valence-electron chi connectivity index (χ0n) is 18.5. The number of benzene rings is 1. The van der Waals surface area contributed by atoms with Gasteiger partial charge in [-0.15, -0.1) is 0 Å². The second-order valence-corrected chi connectivity index (χ2v) is 9.05. The summed E-state index contributed by atoms with van der Waals surface area (Å²) in [5.74, 6) is 0. The molecule has 0 amide bonds. The smallest absolute Gasteiger partial charge is 0.0319 e. The molecule has 1 rings (SSSR count). The Labute approximate surface area is 152 Å². The Bertz CT molecular complexity index is 433. The highest BCUT2D eigenvalue weighted by molar-refractivity contribution is 5.18. The average Bonchev–Trinajstić information content (AvgIpc) is 2.50. The number of aliphatic hydroxyl groups excluding tert-OH is 1. The molecule has 24 heavy (non-hydrogen) atoms. The van der Waals surface area contributed by atoms with Gasteiger partial charge >= 0.3 is 0 Å². The molecule has 1 aromatic carbocycles. The van der Waals surface area contributed by atoms with Crippen molar-refractivity contribution in [2.45, 2.75) is 82.6 Å². The lowest BCUT2D eigenvalue weighted by Gasteiger charge is -2.58. The van der Waals surface area contributed by atoms with E-state index in [1.165, 1.54) is 5.56 Å². The van der Waals surface area contributed by atoms with Crippen LogP contribution in [-0.4, -0.2) is 12.2 Å². The van der Waals surface area contributed by atoms with Gasteiger partial charge in [0.05, 0.1) is 0 Å². The van der Waals surface area contributed by atoms with Crippen molar-refractivity contribution in [2.75, 3.05) is 7.11 Å². The fraction of sp³-hybridized carbons (Fsp3) is 0.739. The molecule has 1 heteroatoms. The molecule has 0 atom stereocenters. The molecule has 0 radical (unpaired) electrons. The van der Waals surface area contributed by atoms with Crippen LogP contribution >= 0.6 is 0 Å². The maximum atomic E-state index is 7.00. The SMILES string of the molecule is CC.CC(C)(C)C(C)(C)C(C)(C)C(C)(C)Cc1ccccc1.CO. The Morgan fingerprint density at radius 2 is 1.04 bits per heavy atom. The van der Waals surface area contributed by atoms with Crippen molar-refractivity contribution < 1.29 is 5.11 Å². The Balaban J connectivity index is 0. The molecule has 0 unspecified atom stereocenters. The zero-order valence-corrected chi connectivity index (χ0v) is 18.5. The summed E-state index contributed by atoms with van der Waals surface area (Å²) in [5, 5.41) is 7.00. The summed E-state index contributed by atoms with van der Waals surface area (Å²) in [6.45, 7) is 25.7. The van der Waals surface area contributed by atoms with E-state index < -0.39 is 0 Å².